The average molecular weight is 252 g/mol. The van der Waals surface area contributed by atoms with Gasteiger partial charge in [-0.3, -0.25) is 9.59 Å². The molecule has 4 nitrogen and oxygen atoms in total. The van der Waals surface area contributed by atoms with Gasteiger partial charge in [0.25, 0.3) is 0 Å². The molecule has 0 aromatic heterocycles. The van der Waals surface area contributed by atoms with E-state index in [1.807, 2.05) is 31.2 Å². The first-order chi connectivity index (χ1) is 7.99. The second kappa shape index (κ2) is 6.30. The van der Waals surface area contributed by atoms with Crippen molar-refractivity contribution in [3.05, 3.63) is 29.8 Å². The fraction of sp³-hybridized carbons (Fsp3) is 0.333. The Morgan fingerprint density at radius 2 is 1.94 bits per heavy atom. The van der Waals surface area contributed by atoms with Crippen LogP contribution < -0.4 is 11.1 Å². The number of aryl methyl sites for hydroxylation is 1. The van der Waals surface area contributed by atoms with E-state index in [-0.39, 0.29) is 16.9 Å². The SMILES string of the molecule is Cc1ccc(NC(=O)CSC(C)C(N)=O)cc1. The predicted molar refractivity (Wildman–Crippen MR) is 70.9 cm³/mol. The van der Waals surface area contributed by atoms with Gasteiger partial charge in [-0.2, -0.15) is 0 Å². The van der Waals surface area contributed by atoms with Crippen LogP contribution in [0.15, 0.2) is 24.3 Å². The highest BCUT2D eigenvalue weighted by Gasteiger charge is 2.11. The van der Waals surface area contributed by atoms with Crippen LogP contribution in [0.25, 0.3) is 0 Å². The number of hydrogen-bond donors (Lipinski definition) is 2. The lowest BCUT2D eigenvalue weighted by molar-refractivity contribution is -0.117. The monoisotopic (exact) mass is 252 g/mol. The molecule has 92 valence electrons. The van der Waals surface area contributed by atoms with Crippen molar-refractivity contribution in [1.29, 1.82) is 0 Å². The zero-order valence-corrected chi connectivity index (χ0v) is 10.7. The maximum atomic E-state index is 11.5. The third-order valence-corrected chi connectivity index (χ3v) is 3.36. The molecule has 1 aromatic rings. The van der Waals surface area contributed by atoms with Gasteiger partial charge in [0, 0.05) is 5.69 Å². The molecule has 0 spiro atoms. The predicted octanol–water partition coefficient (Wildman–Crippen LogP) is 1.54. The summed E-state index contributed by atoms with van der Waals surface area (Å²) >= 11 is 1.23. The number of nitrogens with one attached hydrogen (secondary N) is 1. The molecule has 2 amide bonds. The number of nitrogens with two attached hydrogens (primary N) is 1. The molecule has 0 radical (unpaired) electrons. The molecule has 17 heavy (non-hydrogen) atoms. The molecule has 0 heterocycles. The van der Waals surface area contributed by atoms with Crippen LogP contribution in [0.2, 0.25) is 0 Å². The van der Waals surface area contributed by atoms with E-state index >= 15 is 0 Å². The fourth-order valence-corrected chi connectivity index (χ4v) is 1.75. The summed E-state index contributed by atoms with van der Waals surface area (Å²) in [6, 6.07) is 7.54. The second-order valence-electron chi connectivity index (χ2n) is 3.77. The maximum absolute atomic E-state index is 11.5. The highest BCUT2D eigenvalue weighted by molar-refractivity contribution is 8.01. The topological polar surface area (TPSA) is 72.2 Å². The summed E-state index contributed by atoms with van der Waals surface area (Å²) in [7, 11) is 0. The Labute approximate surface area is 105 Å². The van der Waals surface area contributed by atoms with Gasteiger partial charge in [-0.1, -0.05) is 17.7 Å². The van der Waals surface area contributed by atoms with E-state index < -0.39 is 5.91 Å². The normalized spacial score (nSPS) is 11.9. The molecule has 1 unspecified atom stereocenters. The molecule has 3 N–H and O–H groups in total. The van der Waals surface area contributed by atoms with Crippen LogP contribution in [0.4, 0.5) is 5.69 Å². The van der Waals surface area contributed by atoms with Crippen molar-refractivity contribution in [3.63, 3.8) is 0 Å². The van der Waals surface area contributed by atoms with Gasteiger partial charge in [-0.05, 0) is 26.0 Å². The summed E-state index contributed by atoms with van der Waals surface area (Å²) in [5.74, 6) is -0.317. The largest absolute Gasteiger partial charge is 0.369 e. The highest BCUT2D eigenvalue weighted by Crippen LogP contribution is 2.12. The minimum Gasteiger partial charge on any atom is -0.369 e. The lowest BCUT2D eigenvalue weighted by atomic mass is 10.2. The molecule has 0 saturated carbocycles. The van der Waals surface area contributed by atoms with Crippen molar-refractivity contribution in [2.75, 3.05) is 11.1 Å². The zero-order chi connectivity index (χ0) is 12.8. The number of primary amides is 1. The van der Waals surface area contributed by atoms with Crippen molar-refractivity contribution in [2.45, 2.75) is 19.1 Å². The third-order valence-electron chi connectivity index (χ3n) is 2.20. The van der Waals surface area contributed by atoms with Gasteiger partial charge in [0.05, 0.1) is 11.0 Å². The quantitative estimate of drug-likeness (QED) is 0.835. The Morgan fingerprint density at radius 1 is 1.35 bits per heavy atom. The van der Waals surface area contributed by atoms with E-state index in [1.54, 1.807) is 6.92 Å². The molecular weight excluding hydrogens is 236 g/mol. The van der Waals surface area contributed by atoms with Gasteiger partial charge in [0.15, 0.2) is 0 Å². The second-order valence-corrected chi connectivity index (χ2v) is 5.10. The molecule has 0 fully saturated rings. The van der Waals surface area contributed by atoms with E-state index in [4.69, 9.17) is 5.73 Å². The molecule has 1 atom stereocenters. The van der Waals surface area contributed by atoms with Crippen LogP contribution in [-0.2, 0) is 9.59 Å². The molecule has 0 aliphatic rings. The number of hydrogen-bond acceptors (Lipinski definition) is 3. The fourth-order valence-electron chi connectivity index (χ4n) is 1.12. The van der Waals surface area contributed by atoms with Crippen LogP contribution in [0, 0.1) is 6.92 Å². The van der Waals surface area contributed by atoms with E-state index in [9.17, 15) is 9.59 Å². The van der Waals surface area contributed by atoms with Crippen LogP contribution in [0.3, 0.4) is 0 Å². The number of carbonyl (C=O) groups is 2. The first kappa shape index (κ1) is 13.6. The molecule has 0 aliphatic carbocycles. The molecule has 0 aliphatic heterocycles. The Balaban J connectivity index is 2.39. The van der Waals surface area contributed by atoms with E-state index in [0.717, 1.165) is 11.3 Å². The van der Waals surface area contributed by atoms with Gasteiger partial charge in [-0.15, -0.1) is 11.8 Å². The van der Waals surface area contributed by atoms with Gasteiger partial charge >= 0.3 is 0 Å². The van der Waals surface area contributed by atoms with Gasteiger partial charge in [0.1, 0.15) is 0 Å². The first-order valence-corrected chi connectivity index (χ1v) is 6.31. The molecule has 5 heteroatoms. The molecule has 1 aromatic carbocycles. The first-order valence-electron chi connectivity index (χ1n) is 5.26. The van der Waals surface area contributed by atoms with Crippen LogP contribution >= 0.6 is 11.8 Å². The van der Waals surface area contributed by atoms with Crippen molar-refractivity contribution < 1.29 is 9.59 Å². The number of carbonyl (C=O) groups excluding carboxylic acids is 2. The Hall–Kier alpha value is -1.49. The smallest absolute Gasteiger partial charge is 0.234 e. The van der Waals surface area contributed by atoms with Crippen molar-refractivity contribution in [3.8, 4) is 0 Å². The average Bonchev–Trinajstić information content (AvgIpc) is 2.29. The van der Waals surface area contributed by atoms with Crippen LogP contribution in [-0.4, -0.2) is 22.8 Å². The van der Waals surface area contributed by atoms with Crippen molar-refractivity contribution in [2.24, 2.45) is 5.73 Å². The van der Waals surface area contributed by atoms with Crippen LogP contribution in [0.5, 0.6) is 0 Å². The molecule has 1 rings (SSSR count). The minimum absolute atomic E-state index is 0.132. The Morgan fingerprint density at radius 3 is 2.47 bits per heavy atom. The molecular formula is C12H16N2O2S. The third kappa shape index (κ3) is 4.91. The van der Waals surface area contributed by atoms with E-state index in [2.05, 4.69) is 5.32 Å². The van der Waals surface area contributed by atoms with Crippen LogP contribution in [0.1, 0.15) is 12.5 Å². The molecule has 0 saturated heterocycles. The maximum Gasteiger partial charge on any atom is 0.234 e. The summed E-state index contributed by atoms with van der Waals surface area (Å²) in [5, 5.41) is 2.40. The van der Waals surface area contributed by atoms with Gasteiger partial charge in [-0.25, -0.2) is 0 Å². The van der Waals surface area contributed by atoms with Crippen molar-refractivity contribution >= 4 is 29.3 Å². The number of amides is 2. The van der Waals surface area contributed by atoms with Gasteiger partial charge < -0.3 is 11.1 Å². The van der Waals surface area contributed by atoms with Crippen molar-refractivity contribution in [1.82, 2.24) is 0 Å². The summed E-state index contributed by atoms with van der Waals surface area (Å²) in [5.41, 5.74) is 7.00. The summed E-state index contributed by atoms with van der Waals surface area (Å²) in [6.07, 6.45) is 0. The number of anilines is 1. The Kier molecular flexibility index (Phi) is 5.03. The summed E-state index contributed by atoms with van der Waals surface area (Å²) in [4.78, 5) is 22.3. The lowest BCUT2D eigenvalue weighted by Crippen LogP contribution is -2.25. The summed E-state index contributed by atoms with van der Waals surface area (Å²) in [6.45, 7) is 3.67. The lowest BCUT2D eigenvalue weighted by Gasteiger charge is -2.08. The van der Waals surface area contributed by atoms with Gasteiger partial charge in [0.2, 0.25) is 11.8 Å². The Bertz CT molecular complexity index is 403. The number of rotatable bonds is 5. The molecule has 0 bridgehead atoms. The highest BCUT2D eigenvalue weighted by atomic mass is 32.2. The number of thioether (sulfide) groups is 1. The standard InChI is InChI=1S/C12H16N2O2S/c1-8-3-5-10(6-4-8)14-11(15)7-17-9(2)12(13)16/h3-6,9H,7H2,1-2H3,(H2,13,16)(H,14,15). The van der Waals surface area contributed by atoms with E-state index in [1.165, 1.54) is 11.8 Å². The number of benzene rings is 1. The minimum atomic E-state index is -0.405. The summed E-state index contributed by atoms with van der Waals surface area (Å²) < 4.78 is 0. The zero-order valence-electron chi connectivity index (χ0n) is 9.90. The van der Waals surface area contributed by atoms with E-state index in [0.29, 0.717) is 0 Å².